The van der Waals surface area contributed by atoms with Gasteiger partial charge < -0.3 is 4.74 Å². The van der Waals surface area contributed by atoms with Crippen molar-refractivity contribution in [1.82, 2.24) is 4.90 Å². The molecule has 3 aromatic rings. The molecule has 1 heterocycles. The molecule has 7 heteroatoms. The molecule has 0 aliphatic carbocycles. The van der Waals surface area contributed by atoms with Crippen LogP contribution in [0.25, 0.3) is 6.08 Å². The van der Waals surface area contributed by atoms with Crippen LogP contribution in [-0.4, -0.2) is 16.0 Å². The van der Waals surface area contributed by atoms with Gasteiger partial charge in [-0.05, 0) is 59.3 Å². The zero-order chi connectivity index (χ0) is 21.8. The molecule has 1 aliphatic rings. The third-order valence-corrected chi connectivity index (χ3v) is 6.07. The van der Waals surface area contributed by atoms with Crippen molar-refractivity contribution in [1.29, 1.82) is 0 Å². The Kier molecular flexibility index (Phi) is 6.53. The first-order chi connectivity index (χ1) is 15.0. The largest absolute Gasteiger partial charge is 0.489 e. The lowest BCUT2D eigenvalue weighted by atomic mass is 10.2. The predicted molar refractivity (Wildman–Crippen MR) is 123 cm³/mol. The van der Waals surface area contributed by atoms with Crippen molar-refractivity contribution in [2.45, 2.75) is 13.2 Å². The molecule has 0 saturated carbocycles. The summed E-state index contributed by atoms with van der Waals surface area (Å²) in [5, 5.41) is -0.415. The smallest absolute Gasteiger partial charge is 0.293 e. The molecule has 0 unspecified atom stereocenters. The SMILES string of the molecule is O=C1S/C(=C\c2cccc(OCc3ccc(Br)cc3)c2)C(=O)N1Cc1ccccc1F. The number of hydrogen-bond acceptors (Lipinski definition) is 4. The van der Waals surface area contributed by atoms with E-state index < -0.39 is 17.0 Å². The van der Waals surface area contributed by atoms with Crippen LogP contribution in [0.2, 0.25) is 0 Å². The molecule has 4 nitrogen and oxygen atoms in total. The van der Waals surface area contributed by atoms with Gasteiger partial charge in [0.1, 0.15) is 18.2 Å². The second-order valence-electron chi connectivity index (χ2n) is 6.85. The highest BCUT2D eigenvalue weighted by atomic mass is 79.9. The van der Waals surface area contributed by atoms with E-state index in [4.69, 9.17) is 4.74 Å². The van der Waals surface area contributed by atoms with Crippen LogP contribution >= 0.6 is 27.7 Å². The maximum atomic E-state index is 13.9. The minimum atomic E-state index is -0.443. The summed E-state index contributed by atoms with van der Waals surface area (Å²) < 4.78 is 20.8. The van der Waals surface area contributed by atoms with E-state index in [1.165, 1.54) is 6.07 Å². The molecule has 0 N–H and O–H groups in total. The van der Waals surface area contributed by atoms with Gasteiger partial charge in [-0.1, -0.05) is 58.4 Å². The zero-order valence-corrected chi connectivity index (χ0v) is 18.7. The van der Waals surface area contributed by atoms with E-state index in [0.29, 0.717) is 22.8 Å². The Morgan fingerprint density at radius 2 is 1.77 bits per heavy atom. The number of nitrogens with zero attached hydrogens (tertiary/aromatic N) is 1. The summed E-state index contributed by atoms with van der Waals surface area (Å²) in [6.07, 6.45) is 1.65. The topological polar surface area (TPSA) is 46.6 Å². The Labute approximate surface area is 191 Å². The Balaban J connectivity index is 1.46. The molecule has 0 atom stereocenters. The van der Waals surface area contributed by atoms with Crippen LogP contribution in [0.1, 0.15) is 16.7 Å². The molecule has 156 valence electrons. The Morgan fingerprint density at radius 3 is 2.55 bits per heavy atom. The van der Waals surface area contributed by atoms with E-state index >= 15 is 0 Å². The second kappa shape index (κ2) is 9.49. The van der Waals surface area contributed by atoms with Crippen LogP contribution in [0.3, 0.4) is 0 Å². The normalized spacial score (nSPS) is 15.0. The quantitative estimate of drug-likeness (QED) is 0.369. The molecular weight excluding hydrogens is 481 g/mol. The van der Waals surface area contributed by atoms with E-state index in [1.54, 1.807) is 24.3 Å². The first-order valence-corrected chi connectivity index (χ1v) is 11.1. The fourth-order valence-electron chi connectivity index (χ4n) is 3.03. The maximum absolute atomic E-state index is 13.9. The molecule has 1 fully saturated rings. The van der Waals surface area contributed by atoms with Crippen molar-refractivity contribution in [2.75, 3.05) is 0 Å². The second-order valence-corrected chi connectivity index (χ2v) is 8.76. The zero-order valence-electron chi connectivity index (χ0n) is 16.3. The highest BCUT2D eigenvalue weighted by Crippen LogP contribution is 2.34. The van der Waals surface area contributed by atoms with Crippen molar-refractivity contribution in [3.8, 4) is 5.75 Å². The summed E-state index contributed by atoms with van der Waals surface area (Å²) in [6.45, 7) is 0.320. The highest BCUT2D eigenvalue weighted by molar-refractivity contribution is 9.10. The lowest BCUT2D eigenvalue weighted by molar-refractivity contribution is -0.123. The molecular formula is C24H17BrFNO3S. The Hall–Kier alpha value is -2.90. The number of thioether (sulfide) groups is 1. The van der Waals surface area contributed by atoms with E-state index in [9.17, 15) is 14.0 Å². The van der Waals surface area contributed by atoms with Crippen LogP contribution < -0.4 is 4.74 Å². The minimum absolute atomic E-state index is 0.0922. The number of rotatable bonds is 6. The number of carbonyl (C=O) groups is 2. The van der Waals surface area contributed by atoms with Crippen molar-refractivity contribution in [3.63, 3.8) is 0 Å². The molecule has 3 aromatic carbocycles. The van der Waals surface area contributed by atoms with Gasteiger partial charge in [-0.2, -0.15) is 0 Å². The van der Waals surface area contributed by atoms with Gasteiger partial charge in [0.2, 0.25) is 0 Å². The first kappa shape index (κ1) is 21.3. The summed E-state index contributed by atoms with van der Waals surface area (Å²) in [5.41, 5.74) is 2.07. The average Bonchev–Trinajstić information content (AvgIpc) is 3.02. The van der Waals surface area contributed by atoms with Gasteiger partial charge in [0.25, 0.3) is 11.1 Å². The molecule has 0 radical (unpaired) electrons. The lowest BCUT2D eigenvalue weighted by Crippen LogP contribution is -2.27. The van der Waals surface area contributed by atoms with Gasteiger partial charge >= 0.3 is 0 Å². The predicted octanol–water partition coefficient (Wildman–Crippen LogP) is 6.40. The molecule has 0 spiro atoms. The van der Waals surface area contributed by atoms with E-state index in [2.05, 4.69) is 15.9 Å². The van der Waals surface area contributed by atoms with Gasteiger partial charge in [0, 0.05) is 10.0 Å². The number of ether oxygens (including phenoxy) is 1. The van der Waals surface area contributed by atoms with Gasteiger partial charge in [0.15, 0.2) is 0 Å². The van der Waals surface area contributed by atoms with Crippen LogP contribution in [0, 0.1) is 5.82 Å². The maximum Gasteiger partial charge on any atom is 0.293 e. The molecule has 1 aliphatic heterocycles. The number of carbonyl (C=O) groups excluding carboxylic acids is 2. The first-order valence-electron chi connectivity index (χ1n) is 9.46. The monoisotopic (exact) mass is 497 g/mol. The van der Waals surface area contributed by atoms with Crippen molar-refractivity contribution in [2.24, 2.45) is 0 Å². The summed E-state index contributed by atoms with van der Waals surface area (Å²) in [7, 11) is 0. The van der Waals surface area contributed by atoms with Crippen molar-refractivity contribution in [3.05, 3.63) is 105 Å². The number of benzene rings is 3. The number of amides is 2. The minimum Gasteiger partial charge on any atom is -0.489 e. The fourth-order valence-corrected chi connectivity index (χ4v) is 4.13. The van der Waals surface area contributed by atoms with Gasteiger partial charge in [-0.15, -0.1) is 0 Å². The molecule has 0 bridgehead atoms. The number of imide groups is 1. The van der Waals surface area contributed by atoms with Crippen LogP contribution in [0.5, 0.6) is 5.75 Å². The van der Waals surface area contributed by atoms with E-state index in [-0.39, 0.29) is 6.54 Å². The van der Waals surface area contributed by atoms with Crippen LogP contribution in [0.15, 0.2) is 82.2 Å². The summed E-state index contributed by atoms with van der Waals surface area (Å²) in [4.78, 5) is 26.4. The molecule has 1 saturated heterocycles. The standard InChI is InChI=1S/C24H17BrFNO3S/c25-19-10-8-16(9-11-19)15-30-20-6-3-4-17(12-20)13-22-23(28)27(24(29)31-22)14-18-5-1-2-7-21(18)26/h1-13H,14-15H2/b22-13-. The van der Waals surface area contributed by atoms with Crippen LogP contribution in [0.4, 0.5) is 9.18 Å². The van der Waals surface area contributed by atoms with Crippen LogP contribution in [-0.2, 0) is 17.9 Å². The molecule has 31 heavy (non-hydrogen) atoms. The van der Waals surface area contributed by atoms with Gasteiger partial charge in [-0.3, -0.25) is 14.5 Å². The Bertz CT molecular complexity index is 1160. The molecule has 4 rings (SSSR count). The van der Waals surface area contributed by atoms with E-state index in [0.717, 1.165) is 32.3 Å². The average molecular weight is 498 g/mol. The number of hydrogen-bond donors (Lipinski definition) is 0. The summed E-state index contributed by atoms with van der Waals surface area (Å²) in [6, 6.07) is 21.3. The van der Waals surface area contributed by atoms with E-state index in [1.807, 2.05) is 48.5 Å². The third kappa shape index (κ3) is 5.24. The molecule has 2 amide bonds. The van der Waals surface area contributed by atoms with Gasteiger partial charge in [0.05, 0.1) is 11.4 Å². The van der Waals surface area contributed by atoms with Crippen molar-refractivity contribution >= 4 is 44.9 Å². The Morgan fingerprint density at radius 1 is 1.00 bits per heavy atom. The van der Waals surface area contributed by atoms with Crippen molar-refractivity contribution < 1.29 is 18.7 Å². The highest BCUT2D eigenvalue weighted by Gasteiger charge is 2.35. The number of halogens is 2. The van der Waals surface area contributed by atoms with Gasteiger partial charge in [-0.25, -0.2) is 4.39 Å². The molecule has 0 aromatic heterocycles. The third-order valence-electron chi connectivity index (χ3n) is 4.63. The summed E-state index contributed by atoms with van der Waals surface area (Å²) >= 11 is 4.25. The summed E-state index contributed by atoms with van der Waals surface area (Å²) in [5.74, 6) is -0.220. The fraction of sp³-hybridized carbons (Fsp3) is 0.0833. The lowest BCUT2D eigenvalue weighted by Gasteiger charge is -2.12.